The zero-order valence-corrected chi connectivity index (χ0v) is 18.4. The number of rotatable bonds is 7. The third kappa shape index (κ3) is 4.59. The van der Waals surface area contributed by atoms with E-state index in [1.807, 2.05) is 41.9 Å². The number of carbonyl (C=O) groups excluding carboxylic acids is 1. The Morgan fingerprint density at radius 3 is 2.52 bits per heavy atom. The molecule has 3 aromatic rings. The fraction of sp³-hybridized carbons (Fsp3) is 0.320. The molecular weight excluding hydrogens is 390 g/mol. The Bertz CT molecular complexity index is 1060. The van der Waals surface area contributed by atoms with E-state index in [0.717, 1.165) is 31.6 Å². The van der Waals surface area contributed by atoms with Gasteiger partial charge in [0.25, 0.3) is 5.91 Å². The predicted octanol–water partition coefficient (Wildman–Crippen LogP) is 3.53. The molecule has 0 spiro atoms. The minimum absolute atomic E-state index is 0.0682. The average molecular weight is 420 g/mol. The summed E-state index contributed by atoms with van der Waals surface area (Å²) in [5.74, 6) is 1.26. The largest absolute Gasteiger partial charge is 0.493 e. The zero-order chi connectivity index (χ0) is 21.8. The molecule has 1 amide bonds. The van der Waals surface area contributed by atoms with Crippen LogP contribution < -0.4 is 14.8 Å². The molecule has 1 aliphatic heterocycles. The third-order valence-electron chi connectivity index (χ3n) is 5.89. The summed E-state index contributed by atoms with van der Waals surface area (Å²) in [6.07, 6.45) is 0.946. The van der Waals surface area contributed by atoms with E-state index in [1.54, 1.807) is 14.2 Å². The van der Waals surface area contributed by atoms with Crippen LogP contribution in [0.2, 0.25) is 0 Å². The van der Waals surface area contributed by atoms with Crippen LogP contribution in [0, 0.1) is 0 Å². The molecule has 6 heteroatoms. The maximum atomic E-state index is 12.9. The lowest BCUT2D eigenvalue weighted by atomic mass is 10.1. The van der Waals surface area contributed by atoms with Crippen molar-refractivity contribution in [2.45, 2.75) is 26.1 Å². The first-order valence-electron chi connectivity index (χ1n) is 10.5. The number of ether oxygens (including phenoxy) is 2. The van der Waals surface area contributed by atoms with Crippen LogP contribution >= 0.6 is 0 Å². The van der Waals surface area contributed by atoms with E-state index in [2.05, 4.69) is 34.5 Å². The maximum Gasteiger partial charge on any atom is 0.268 e. The number of nitrogens with one attached hydrogen (secondary N) is 1. The van der Waals surface area contributed by atoms with Crippen molar-refractivity contribution in [2.24, 2.45) is 7.05 Å². The second-order valence-corrected chi connectivity index (χ2v) is 7.88. The summed E-state index contributed by atoms with van der Waals surface area (Å²) < 4.78 is 12.7. The lowest BCUT2D eigenvalue weighted by Crippen LogP contribution is -2.30. The van der Waals surface area contributed by atoms with E-state index in [-0.39, 0.29) is 5.91 Å². The van der Waals surface area contributed by atoms with Crippen molar-refractivity contribution in [1.29, 1.82) is 0 Å². The van der Waals surface area contributed by atoms with Crippen molar-refractivity contribution < 1.29 is 14.3 Å². The zero-order valence-electron chi connectivity index (χ0n) is 18.4. The molecular formula is C25H29N3O3. The van der Waals surface area contributed by atoms with E-state index in [9.17, 15) is 4.79 Å². The van der Waals surface area contributed by atoms with Crippen molar-refractivity contribution in [3.63, 3.8) is 0 Å². The number of nitrogens with zero attached hydrogens (tertiary/aromatic N) is 2. The van der Waals surface area contributed by atoms with Crippen LogP contribution in [0.5, 0.6) is 11.5 Å². The summed E-state index contributed by atoms with van der Waals surface area (Å²) in [6.45, 7) is 3.21. The molecule has 1 aliphatic rings. The molecule has 0 fully saturated rings. The monoisotopic (exact) mass is 419 g/mol. The smallest absolute Gasteiger partial charge is 0.268 e. The Morgan fingerprint density at radius 1 is 1.00 bits per heavy atom. The SMILES string of the molecule is COc1ccc(CNC(=O)c2cc3c(n2C)CCN(Cc2ccccc2)C3)cc1OC. The predicted molar refractivity (Wildman–Crippen MR) is 120 cm³/mol. The number of hydrogen-bond acceptors (Lipinski definition) is 4. The molecule has 0 saturated heterocycles. The van der Waals surface area contributed by atoms with Crippen LogP contribution in [0.1, 0.15) is 32.9 Å². The minimum Gasteiger partial charge on any atom is -0.493 e. The lowest BCUT2D eigenvalue weighted by molar-refractivity contribution is 0.0942. The van der Waals surface area contributed by atoms with Crippen molar-refractivity contribution in [3.8, 4) is 11.5 Å². The molecule has 0 saturated carbocycles. The Balaban J connectivity index is 1.42. The molecule has 0 atom stereocenters. The summed E-state index contributed by atoms with van der Waals surface area (Å²) in [6, 6.07) is 18.2. The van der Waals surface area contributed by atoms with Gasteiger partial charge in [-0.2, -0.15) is 0 Å². The topological polar surface area (TPSA) is 55.7 Å². The quantitative estimate of drug-likeness (QED) is 0.637. The molecule has 0 unspecified atom stereocenters. The van der Waals surface area contributed by atoms with E-state index in [4.69, 9.17) is 9.47 Å². The van der Waals surface area contributed by atoms with Gasteiger partial charge in [0.1, 0.15) is 5.69 Å². The third-order valence-corrected chi connectivity index (χ3v) is 5.89. The molecule has 0 aliphatic carbocycles. The summed E-state index contributed by atoms with van der Waals surface area (Å²) in [7, 11) is 5.20. The van der Waals surface area contributed by atoms with Gasteiger partial charge in [-0.05, 0) is 34.9 Å². The van der Waals surface area contributed by atoms with E-state index in [0.29, 0.717) is 23.7 Å². The van der Waals surface area contributed by atoms with E-state index in [1.165, 1.54) is 16.8 Å². The molecule has 1 aromatic heterocycles. The first kappa shape index (κ1) is 21.0. The van der Waals surface area contributed by atoms with Crippen LogP contribution in [0.3, 0.4) is 0 Å². The normalized spacial score (nSPS) is 13.5. The van der Waals surface area contributed by atoms with Crippen LogP contribution in [0.4, 0.5) is 0 Å². The van der Waals surface area contributed by atoms with Crippen LogP contribution in [0.15, 0.2) is 54.6 Å². The summed E-state index contributed by atoms with van der Waals surface area (Å²) in [5, 5.41) is 3.04. The summed E-state index contributed by atoms with van der Waals surface area (Å²) in [5.41, 5.74) is 5.46. The maximum absolute atomic E-state index is 12.9. The Hall–Kier alpha value is -3.25. The van der Waals surface area contributed by atoms with Crippen molar-refractivity contribution >= 4 is 5.91 Å². The summed E-state index contributed by atoms with van der Waals surface area (Å²) in [4.78, 5) is 15.3. The summed E-state index contributed by atoms with van der Waals surface area (Å²) >= 11 is 0. The van der Waals surface area contributed by atoms with Gasteiger partial charge in [-0.3, -0.25) is 9.69 Å². The molecule has 2 aromatic carbocycles. The highest BCUT2D eigenvalue weighted by Crippen LogP contribution is 2.28. The molecule has 4 rings (SSSR count). The highest BCUT2D eigenvalue weighted by atomic mass is 16.5. The van der Waals surface area contributed by atoms with Crippen molar-refractivity contribution in [2.75, 3.05) is 20.8 Å². The van der Waals surface area contributed by atoms with Crippen LogP contribution in [-0.4, -0.2) is 36.1 Å². The molecule has 0 bridgehead atoms. The van der Waals surface area contributed by atoms with E-state index >= 15 is 0 Å². The van der Waals surface area contributed by atoms with Crippen molar-refractivity contribution in [1.82, 2.24) is 14.8 Å². The molecule has 2 heterocycles. The number of fused-ring (bicyclic) bond motifs is 1. The Kier molecular flexibility index (Phi) is 6.28. The highest BCUT2D eigenvalue weighted by Gasteiger charge is 2.23. The Morgan fingerprint density at radius 2 is 1.77 bits per heavy atom. The molecule has 31 heavy (non-hydrogen) atoms. The van der Waals surface area contributed by atoms with Gasteiger partial charge in [0.05, 0.1) is 14.2 Å². The fourth-order valence-electron chi connectivity index (χ4n) is 4.21. The van der Waals surface area contributed by atoms with Gasteiger partial charge in [-0.15, -0.1) is 0 Å². The second-order valence-electron chi connectivity index (χ2n) is 7.88. The van der Waals surface area contributed by atoms with Gasteiger partial charge in [0.2, 0.25) is 0 Å². The number of carbonyl (C=O) groups is 1. The van der Waals surface area contributed by atoms with Gasteiger partial charge in [-0.1, -0.05) is 36.4 Å². The average Bonchev–Trinajstić information content (AvgIpc) is 3.13. The molecule has 0 radical (unpaired) electrons. The number of hydrogen-bond donors (Lipinski definition) is 1. The first-order valence-corrected chi connectivity index (χ1v) is 10.5. The van der Waals surface area contributed by atoms with Crippen LogP contribution in [0.25, 0.3) is 0 Å². The molecule has 1 N–H and O–H groups in total. The first-order chi connectivity index (χ1) is 15.1. The lowest BCUT2D eigenvalue weighted by Gasteiger charge is -2.27. The number of benzene rings is 2. The van der Waals surface area contributed by atoms with Gasteiger partial charge in [0.15, 0.2) is 11.5 Å². The minimum atomic E-state index is -0.0682. The number of amides is 1. The van der Waals surface area contributed by atoms with Crippen molar-refractivity contribution in [3.05, 3.63) is 82.7 Å². The number of aromatic nitrogens is 1. The van der Waals surface area contributed by atoms with Gasteiger partial charge in [0, 0.05) is 45.3 Å². The Labute approximate surface area is 183 Å². The highest BCUT2D eigenvalue weighted by molar-refractivity contribution is 5.93. The molecule has 6 nitrogen and oxygen atoms in total. The van der Waals surface area contributed by atoms with E-state index < -0.39 is 0 Å². The second kappa shape index (κ2) is 9.27. The van der Waals surface area contributed by atoms with Crippen LogP contribution in [-0.2, 0) is 33.1 Å². The standard InChI is InChI=1S/C25H29N3O3/c1-27-21-11-12-28(16-18-7-5-4-6-8-18)17-20(21)14-22(27)25(29)26-15-19-9-10-23(30-2)24(13-19)31-3/h4-10,13-14H,11-12,15-17H2,1-3H3,(H,26,29). The number of methoxy groups -OCH3 is 2. The molecule has 162 valence electrons. The fourth-order valence-corrected chi connectivity index (χ4v) is 4.21. The van der Waals surface area contributed by atoms with Gasteiger partial charge < -0.3 is 19.4 Å². The van der Waals surface area contributed by atoms with Gasteiger partial charge >= 0.3 is 0 Å². The van der Waals surface area contributed by atoms with Gasteiger partial charge in [-0.25, -0.2) is 0 Å².